The van der Waals surface area contributed by atoms with Gasteiger partial charge in [-0.05, 0) is 49.5 Å². The average molecular weight is 281 g/mol. The molecule has 1 saturated heterocycles. The van der Waals surface area contributed by atoms with Crippen LogP contribution in [0.2, 0.25) is 0 Å². The van der Waals surface area contributed by atoms with E-state index in [2.05, 4.69) is 27.1 Å². The molecule has 21 heavy (non-hydrogen) atoms. The second kappa shape index (κ2) is 5.37. The molecule has 1 fully saturated rings. The highest BCUT2D eigenvalue weighted by Gasteiger charge is 2.20. The standard InChI is InChI=1S/C17H19N3O/c1-5-18-6-2-14(1)16-11-20(10-13-4-8-21-12-13)17-9-19-7-3-15(16)17/h3-4,7-9,11-12,14,18H,1-2,5-6,10H2. The summed E-state index contributed by atoms with van der Waals surface area (Å²) in [7, 11) is 0. The number of rotatable bonds is 3. The number of hydrogen-bond donors (Lipinski definition) is 1. The van der Waals surface area contributed by atoms with E-state index in [0.29, 0.717) is 5.92 Å². The molecule has 0 atom stereocenters. The smallest absolute Gasteiger partial charge is 0.0952 e. The fraction of sp³-hybridized carbons (Fsp3) is 0.353. The van der Waals surface area contributed by atoms with E-state index in [4.69, 9.17) is 4.42 Å². The normalized spacial score (nSPS) is 16.6. The van der Waals surface area contributed by atoms with Gasteiger partial charge in [0.15, 0.2) is 0 Å². The summed E-state index contributed by atoms with van der Waals surface area (Å²) in [6.07, 6.45) is 12.2. The molecule has 4 nitrogen and oxygen atoms in total. The molecule has 1 aliphatic heterocycles. The van der Waals surface area contributed by atoms with Gasteiger partial charge in [0.25, 0.3) is 0 Å². The minimum absolute atomic E-state index is 0.654. The SMILES string of the molecule is c1cc2c(C3CCNCC3)cn(Cc3ccoc3)c2cn1. The van der Waals surface area contributed by atoms with Crippen molar-refractivity contribution in [3.8, 4) is 0 Å². The lowest BCUT2D eigenvalue weighted by molar-refractivity contribution is 0.461. The maximum atomic E-state index is 5.18. The number of aromatic nitrogens is 2. The molecule has 3 aromatic rings. The number of nitrogens with one attached hydrogen (secondary N) is 1. The van der Waals surface area contributed by atoms with Gasteiger partial charge in [-0.3, -0.25) is 4.98 Å². The molecule has 0 unspecified atom stereocenters. The molecule has 0 aromatic carbocycles. The van der Waals surface area contributed by atoms with Crippen LogP contribution in [0.1, 0.15) is 29.9 Å². The topological polar surface area (TPSA) is 43.0 Å². The summed E-state index contributed by atoms with van der Waals surface area (Å²) in [6.45, 7) is 3.07. The zero-order chi connectivity index (χ0) is 14.1. The van der Waals surface area contributed by atoms with Gasteiger partial charge >= 0.3 is 0 Å². The Balaban J connectivity index is 1.76. The summed E-state index contributed by atoms with van der Waals surface area (Å²) in [5.74, 6) is 0.654. The van der Waals surface area contributed by atoms with Crippen LogP contribution < -0.4 is 5.32 Å². The van der Waals surface area contributed by atoms with E-state index in [9.17, 15) is 0 Å². The highest BCUT2D eigenvalue weighted by molar-refractivity contribution is 5.83. The number of hydrogen-bond acceptors (Lipinski definition) is 3. The molecule has 4 heterocycles. The maximum absolute atomic E-state index is 5.18. The predicted molar refractivity (Wildman–Crippen MR) is 82.4 cm³/mol. The van der Waals surface area contributed by atoms with E-state index < -0.39 is 0 Å². The van der Waals surface area contributed by atoms with Crippen LogP contribution in [0.5, 0.6) is 0 Å². The second-order valence-corrected chi connectivity index (χ2v) is 5.76. The summed E-state index contributed by atoms with van der Waals surface area (Å²) in [5.41, 5.74) is 3.87. The number of piperidine rings is 1. The largest absolute Gasteiger partial charge is 0.472 e. The van der Waals surface area contributed by atoms with Gasteiger partial charge in [0.2, 0.25) is 0 Å². The van der Waals surface area contributed by atoms with Crippen molar-refractivity contribution in [1.29, 1.82) is 0 Å². The third kappa shape index (κ3) is 2.36. The number of fused-ring (bicyclic) bond motifs is 1. The molecular weight excluding hydrogens is 262 g/mol. The van der Waals surface area contributed by atoms with Crippen molar-refractivity contribution < 1.29 is 4.42 Å². The highest BCUT2D eigenvalue weighted by atomic mass is 16.3. The van der Waals surface area contributed by atoms with E-state index in [1.54, 1.807) is 6.26 Å². The Hall–Kier alpha value is -2.07. The van der Waals surface area contributed by atoms with Gasteiger partial charge in [-0.2, -0.15) is 0 Å². The van der Waals surface area contributed by atoms with E-state index in [1.807, 2.05) is 24.7 Å². The van der Waals surface area contributed by atoms with Crippen LogP contribution in [0.3, 0.4) is 0 Å². The highest BCUT2D eigenvalue weighted by Crippen LogP contribution is 2.32. The van der Waals surface area contributed by atoms with Gasteiger partial charge in [-0.15, -0.1) is 0 Å². The Morgan fingerprint density at radius 3 is 3.00 bits per heavy atom. The minimum atomic E-state index is 0.654. The lowest BCUT2D eigenvalue weighted by atomic mass is 9.90. The first-order valence-corrected chi connectivity index (χ1v) is 7.56. The second-order valence-electron chi connectivity index (χ2n) is 5.76. The van der Waals surface area contributed by atoms with Crippen molar-refractivity contribution in [2.24, 2.45) is 0 Å². The van der Waals surface area contributed by atoms with Gasteiger partial charge < -0.3 is 14.3 Å². The molecule has 0 saturated carbocycles. The Morgan fingerprint density at radius 2 is 2.19 bits per heavy atom. The molecule has 0 bridgehead atoms. The Morgan fingerprint density at radius 1 is 1.29 bits per heavy atom. The summed E-state index contributed by atoms with van der Waals surface area (Å²) in [5, 5.41) is 4.79. The molecule has 0 aliphatic carbocycles. The Kier molecular flexibility index (Phi) is 3.24. The lowest BCUT2D eigenvalue weighted by Gasteiger charge is -2.22. The molecule has 1 aliphatic rings. The van der Waals surface area contributed by atoms with Gasteiger partial charge in [0.05, 0.1) is 30.8 Å². The van der Waals surface area contributed by atoms with Crippen LogP contribution in [-0.4, -0.2) is 22.6 Å². The lowest BCUT2D eigenvalue weighted by Crippen LogP contribution is -2.26. The third-order valence-corrected chi connectivity index (χ3v) is 4.43. The van der Waals surface area contributed by atoms with Crippen LogP contribution in [0, 0.1) is 0 Å². The van der Waals surface area contributed by atoms with E-state index in [-0.39, 0.29) is 0 Å². The predicted octanol–water partition coefficient (Wildman–Crippen LogP) is 3.14. The first-order valence-electron chi connectivity index (χ1n) is 7.56. The fourth-order valence-corrected chi connectivity index (χ4v) is 3.33. The molecular formula is C17H19N3O. The van der Waals surface area contributed by atoms with Crippen LogP contribution >= 0.6 is 0 Å². The third-order valence-electron chi connectivity index (χ3n) is 4.43. The summed E-state index contributed by atoms with van der Waals surface area (Å²) >= 11 is 0. The van der Waals surface area contributed by atoms with Crippen LogP contribution in [0.25, 0.3) is 10.9 Å². The molecule has 108 valence electrons. The minimum Gasteiger partial charge on any atom is -0.472 e. The quantitative estimate of drug-likeness (QED) is 0.802. The molecule has 0 spiro atoms. The molecule has 4 heteroatoms. The van der Waals surface area contributed by atoms with Crippen molar-refractivity contribution in [3.05, 3.63) is 54.4 Å². The van der Waals surface area contributed by atoms with Gasteiger partial charge in [0, 0.05) is 23.3 Å². The number of pyridine rings is 1. The average Bonchev–Trinajstić information content (AvgIpc) is 3.17. The number of furan rings is 1. The maximum Gasteiger partial charge on any atom is 0.0952 e. The molecule has 0 amide bonds. The molecule has 1 N–H and O–H groups in total. The van der Waals surface area contributed by atoms with Crippen molar-refractivity contribution in [3.63, 3.8) is 0 Å². The molecule has 3 aromatic heterocycles. The first kappa shape index (κ1) is 12.7. The van der Waals surface area contributed by atoms with Gasteiger partial charge in [-0.1, -0.05) is 0 Å². The van der Waals surface area contributed by atoms with Gasteiger partial charge in [-0.25, -0.2) is 0 Å². The summed E-state index contributed by atoms with van der Waals surface area (Å²) < 4.78 is 7.48. The zero-order valence-electron chi connectivity index (χ0n) is 12.0. The zero-order valence-corrected chi connectivity index (χ0v) is 12.0. The van der Waals surface area contributed by atoms with Crippen molar-refractivity contribution in [1.82, 2.24) is 14.9 Å². The number of nitrogens with zero attached hydrogens (tertiary/aromatic N) is 2. The molecule has 0 radical (unpaired) electrons. The monoisotopic (exact) mass is 281 g/mol. The van der Waals surface area contributed by atoms with Gasteiger partial charge in [0.1, 0.15) is 0 Å². The summed E-state index contributed by atoms with van der Waals surface area (Å²) in [4.78, 5) is 4.30. The van der Waals surface area contributed by atoms with E-state index in [0.717, 1.165) is 19.6 Å². The Labute approximate surface area is 123 Å². The van der Waals surface area contributed by atoms with Crippen molar-refractivity contribution in [2.75, 3.05) is 13.1 Å². The van der Waals surface area contributed by atoms with Crippen LogP contribution in [0.15, 0.2) is 47.7 Å². The fourth-order valence-electron chi connectivity index (χ4n) is 3.33. The molecule has 4 rings (SSSR count). The first-order chi connectivity index (χ1) is 10.4. The van der Waals surface area contributed by atoms with Crippen LogP contribution in [0.4, 0.5) is 0 Å². The van der Waals surface area contributed by atoms with Crippen molar-refractivity contribution >= 4 is 10.9 Å². The summed E-state index contributed by atoms with van der Waals surface area (Å²) in [6, 6.07) is 4.17. The van der Waals surface area contributed by atoms with Crippen molar-refractivity contribution in [2.45, 2.75) is 25.3 Å². The van der Waals surface area contributed by atoms with E-state index in [1.165, 1.54) is 34.9 Å². The Bertz CT molecular complexity index is 724. The van der Waals surface area contributed by atoms with E-state index >= 15 is 0 Å². The van der Waals surface area contributed by atoms with Crippen LogP contribution in [-0.2, 0) is 6.54 Å².